The standard InChI is InChI=1S/C10H16F6O3S.H3N/c11-8(10(15,16)20(17,18)19)6-4-2-1-3-5-7-9(12,13)14;/h8H,1-7H2,(H,17,18,19);1H3. The molecule has 0 aromatic heterocycles. The zero-order valence-corrected chi connectivity index (χ0v) is 12.0. The van der Waals surface area contributed by atoms with Gasteiger partial charge in [0.15, 0.2) is 6.17 Å². The molecule has 0 bridgehead atoms. The lowest BCUT2D eigenvalue weighted by Gasteiger charge is -2.17. The van der Waals surface area contributed by atoms with Crippen LogP contribution in [-0.4, -0.2) is 30.6 Å². The van der Waals surface area contributed by atoms with Crippen LogP contribution in [0.1, 0.15) is 44.9 Å². The fraction of sp³-hybridized carbons (Fsp3) is 1.00. The van der Waals surface area contributed by atoms with E-state index in [0.29, 0.717) is 6.42 Å². The van der Waals surface area contributed by atoms with Crippen molar-refractivity contribution in [1.29, 1.82) is 0 Å². The van der Waals surface area contributed by atoms with Crippen LogP contribution in [0.15, 0.2) is 0 Å². The van der Waals surface area contributed by atoms with E-state index in [4.69, 9.17) is 4.55 Å². The lowest BCUT2D eigenvalue weighted by atomic mass is 10.1. The third-order valence-corrected chi connectivity index (χ3v) is 3.57. The van der Waals surface area contributed by atoms with Gasteiger partial charge in [-0.25, -0.2) is 4.39 Å². The van der Waals surface area contributed by atoms with Crippen LogP contribution >= 0.6 is 0 Å². The van der Waals surface area contributed by atoms with Crippen molar-refractivity contribution in [1.82, 2.24) is 6.15 Å². The van der Waals surface area contributed by atoms with Crippen molar-refractivity contribution in [3.05, 3.63) is 0 Å². The molecule has 0 radical (unpaired) electrons. The molecule has 0 aliphatic rings. The van der Waals surface area contributed by atoms with E-state index in [0.717, 1.165) is 0 Å². The second-order valence-corrected chi connectivity index (χ2v) is 5.92. The van der Waals surface area contributed by atoms with E-state index < -0.39 is 40.6 Å². The van der Waals surface area contributed by atoms with Crippen LogP contribution in [0.5, 0.6) is 0 Å². The van der Waals surface area contributed by atoms with E-state index in [1.807, 2.05) is 0 Å². The van der Waals surface area contributed by atoms with Gasteiger partial charge >= 0.3 is 21.5 Å². The molecule has 4 N–H and O–H groups in total. The average molecular weight is 347 g/mol. The third kappa shape index (κ3) is 9.14. The first-order chi connectivity index (χ1) is 8.88. The molecule has 130 valence electrons. The van der Waals surface area contributed by atoms with E-state index in [1.54, 1.807) is 0 Å². The van der Waals surface area contributed by atoms with E-state index in [9.17, 15) is 34.8 Å². The molecule has 4 nitrogen and oxygen atoms in total. The van der Waals surface area contributed by atoms with Crippen molar-refractivity contribution in [2.45, 2.75) is 62.5 Å². The minimum absolute atomic E-state index is 0. The molecule has 0 rings (SSSR count). The van der Waals surface area contributed by atoms with Gasteiger partial charge in [0.05, 0.1) is 0 Å². The first-order valence-corrected chi connectivity index (χ1v) is 7.37. The van der Waals surface area contributed by atoms with Gasteiger partial charge in [-0.3, -0.25) is 4.55 Å². The predicted octanol–water partition coefficient (Wildman–Crippen LogP) is 4.26. The Hall–Kier alpha value is -0.550. The molecule has 1 atom stereocenters. The molecule has 0 saturated heterocycles. The zero-order chi connectivity index (χ0) is 16.0. The van der Waals surface area contributed by atoms with Crippen molar-refractivity contribution in [2.24, 2.45) is 0 Å². The summed E-state index contributed by atoms with van der Waals surface area (Å²) in [4.78, 5) is 0. The summed E-state index contributed by atoms with van der Waals surface area (Å²) in [5.41, 5.74) is 0. The first-order valence-electron chi connectivity index (χ1n) is 5.93. The lowest BCUT2D eigenvalue weighted by Crippen LogP contribution is -2.38. The van der Waals surface area contributed by atoms with Gasteiger partial charge < -0.3 is 6.15 Å². The maximum Gasteiger partial charge on any atom is 0.400 e. The lowest BCUT2D eigenvalue weighted by molar-refractivity contribution is -0.135. The summed E-state index contributed by atoms with van der Waals surface area (Å²) in [5, 5.41) is -4.86. The number of unbranched alkanes of at least 4 members (excludes halogenated alkanes) is 4. The van der Waals surface area contributed by atoms with Gasteiger partial charge in [-0.1, -0.05) is 25.7 Å². The van der Waals surface area contributed by atoms with Gasteiger partial charge in [0.25, 0.3) is 0 Å². The van der Waals surface area contributed by atoms with Gasteiger partial charge in [-0.2, -0.15) is 30.4 Å². The summed E-state index contributed by atoms with van der Waals surface area (Å²) in [6.07, 6.45) is -8.44. The Kier molecular flexibility index (Phi) is 9.51. The van der Waals surface area contributed by atoms with Crippen molar-refractivity contribution in [3.63, 3.8) is 0 Å². The molecule has 0 amide bonds. The molecular formula is C10H19F6NO3S. The number of hydrogen-bond acceptors (Lipinski definition) is 3. The normalized spacial score (nSPS) is 14.6. The summed E-state index contributed by atoms with van der Waals surface area (Å²) < 4.78 is 102. The Morgan fingerprint density at radius 3 is 1.76 bits per heavy atom. The number of rotatable bonds is 9. The van der Waals surface area contributed by atoms with Gasteiger partial charge in [-0.05, 0) is 12.8 Å². The maximum absolute atomic E-state index is 13.0. The summed E-state index contributed by atoms with van der Waals surface area (Å²) in [6, 6.07) is 0. The minimum atomic E-state index is -5.80. The van der Waals surface area contributed by atoms with Crippen molar-refractivity contribution < 1.29 is 39.3 Å². The van der Waals surface area contributed by atoms with Crippen LogP contribution in [0.3, 0.4) is 0 Å². The van der Waals surface area contributed by atoms with Crippen LogP contribution in [0.2, 0.25) is 0 Å². The Morgan fingerprint density at radius 1 is 0.905 bits per heavy atom. The van der Waals surface area contributed by atoms with Crippen LogP contribution in [0.4, 0.5) is 26.3 Å². The third-order valence-electron chi connectivity index (χ3n) is 2.63. The van der Waals surface area contributed by atoms with Crippen LogP contribution < -0.4 is 6.15 Å². The molecular weight excluding hydrogens is 328 g/mol. The summed E-state index contributed by atoms with van der Waals surface area (Å²) in [7, 11) is -5.80. The Morgan fingerprint density at radius 2 is 1.33 bits per heavy atom. The smallest absolute Gasteiger partial charge is 0.344 e. The van der Waals surface area contributed by atoms with E-state index >= 15 is 0 Å². The Balaban J connectivity index is 0. The topological polar surface area (TPSA) is 89.4 Å². The summed E-state index contributed by atoms with van der Waals surface area (Å²) in [5.74, 6) is 0. The molecule has 0 aliphatic carbocycles. The second-order valence-electron chi connectivity index (χ2n) is 4.43. The highest BCUT2D eigenvalue weighted by molar-refractivity contribution is 7.86. The molecule has 0 aliphatic heterocycles. The molecule has 0 spiro atoms. The van der Waals surface area contributed by atoms with Crippen LogP contribution in [-0.2, 0) is 10.1 Å². The fourth-order valence-electron chi connectivity index (χ4n) is 1.51. The molecule has 11 heteroatoms. The highest BCUT2D eigenvalue weighted by Crippen LogP contribution is 2.30. The highest BCUT2D eigenvalue weighted by atomic mass is 32.2. The molecule has 1 unspecified atom stereocenters. The fourth-order valence-corrected chi connectivity index (χ4v) is 1.95. The van der Waals surface area contributed by atoms with Gasteiger partial charge in [-0.15, -0.1) is 0 Å². The van der Waals surface area contributed by atoms with E-state index in [2.05, 4.69) is 0 Å². The van der Waals surface area contributed by atoms with E-state index in [-0.39, 0.29) is 31.8 Å². The monoisotopic (exact) mass is 347 g/mol. The SMILES string of the molecule is N.O=S(=O)(O)C(F)(F)C(F)CCCCCCCC(F)(F)F. The first kappa shape index (κ1) is 22.7. The average Bonchev–Trinajstić information content (AvgIpc) is 2.24. The molecule has 0 fully saturated rings. The van der Waals surface area contributed by atoms with E-state index in [1.165, 1.54) is 0 Å². The summed E-state index contributed by atoms with van der Waals surface area (Å²) in [6.45, 7) is 0. The van der Waals surface area contributed by atoms with Crippen molar-refractivity contribution >= 4 is 10.1 Å². The number of halogens is 6. The minimum Gasteiger partial charge on any atom is -0.344 e. The van der Waals surface area contributed by atoms with Gasteiger partial charge in [0.1, 0.15) is 0 Å². The van der Waals surface area contributed by atoms with Crippen molar-refractivity contribution in [3.8, 4) is 0 Å². The highest BCUT2D eigenvalue weighted by Gasteiger charge is 2.52. The van der Waals surface area contributed by atoms with Gasteiger partial charge in [0, 0.05) is 6.42 Å². The quantitative estimate of drug-likeness (QED) is 0.370. The number of alkyl halides is 6. The van der Waals surface area contributed by atoms with Gasteiger partial charge in [0.2, 0.25) is 0 Å². The molecule has 0 aromatic carbocycles. The molecule has 0 saturated carbocycles. The summed E-state index contributed by atoms with van der Waals surface area (Å²) >= 11 is 0. The van der Waals surface area contributed by atoms with Crippen LogP contribution in [0, 0.1) is 0 Å². The van der Waals surface area contributed by atoms with Crippen molar-refractivity contribution in [2.75, 3.05) is 0 Å². The molecule has 0 aromatic rings. The molecule has 0 heterocycles. The molecule has 21 heavy (non-hydrogen) atoms. The maximum atomic E-state index is 13.0. The predicted molar refractivity (Wildman–Crippen MR) is 64.8 cm³/mol. The largest absolute Gasteiger partial charge is 0.400 e. The van der Waals surface area contributed by atoms with Crippen LogP contribution in [0.25, 0.3) is 0 Å². The Bertz CT molecular complexity index is 385. The second kappa shape index (κ2) is 8.79. The zero-order valence-electron chi connectivity index (χ0n) is 11.2. The Labute approximate surface area is 119 Å². The number of hydrogen-bond donors (Lipinski definition) is 2.